The van der Waals surface area contributed by atoms with Gasteiger partial charge in [0.15, 0.2) is 11.5 Å². The zero-order valence-corrected chi connectivity index (χ0v) is 20.6. The number of benzene rings is 3. The van der Waals surface area contributed by atoms with Crippen molar-refractivity contribution in [3.05, 3.63) is 89.1 Å². The molecular weight excluding hydrogens is 458 g/mol. The van der Waals surface area contributed by atoms with E-state index in [-0.39, 0.29) is 6.61 Å². The molecule has 0 amide bonds. The average Bonchev–Trinajstić information content (AvgIpc) is 3.28. The average molecular weight is 486 g/mol. The molecule has 0 saturated carbocycles. The van der Waals surface area contributed by atoms with E-state index in [2.05, 4.69) is 5.32 Å². The lowest BCUT2D eigenvalue weighted by Gasteiger charge is -2.31. The number of carbonyl (C=O) groups is 1. The van der Waals surface area contributed by atoms with Crippen molar-refractivity contribution in [1.29, 1.82) is 0 Å². The standard InChI is InChI=1S/C28H27N3O5/c1-17-24(27(32)36-16-18-10-6-5-7-11-18)25(19-14-22(33-2)26(35-4)23(15-19)34-3)31-21-13-9-8-12-20(21)30-28(31)29-17/h5-15,25H,16H2,1-4H3,(H,29,30). The van der Waals surface area contributed by atoms with Crippen LogP contribution in [0, 0.1) is 0 Å². The minimum Gasteiger partial charge on any atom is -0.493 e. The van der Waals surface area contributed by atoms with Crippen LogP contribution in [0.15, 0.2) is 78.0 Å². The molecule has 0 fully saturated rings. The minimum absolute atomic E-state index is 0.163. The summed E-state index contributed by atoms with van der Waals surface area (Å²) in [6.45, 7) is 2.02. The second-order valence-corrected chi connectivity index (χ2v) is 8.38. The van der Waals surface area contributed by atoms with Crippen molar-refractivity contribution in [2.45, 2.75) is 19.6 Å². The number of nitrogens with one attached hydrogen (secondary N) is 1. The molecule has 0 radical (unpaired) electrons. The number of carbonyl (C=O) groups excluding carboxylic acids is 1. The molecule has 1 unspecified atom stereocenters. The number of esters is 1. The third kappa shape index (κ3) is 4.00. The number of methoxy groups -OCH3 is 3. The maximum atomic E-state index is 13.6. The Bertz CT molecular complexity index is 1430. The van der Waals surface area contributed by atoms with Crippen molar-refractivity contribution in [3.63, 3.8) is 0 Å². The number of imidazole rings is 1. The Morgan fingerprint density at radius 3 is 2.28 bits per heavy atom. The Kier molecular flexibility index (Phi) is 6.25. The molecule has 8 nitrogen and oxygen atoms in total. The highest BCUT2D eigenvalue weighted by atomic mass is 16.5. The van der Waals surface area contributed by atoms with Crippen molar-refractivity contribution in [2.24, 2.45) is 0 Å². The Morgan fingerprint density at radius 2 is 1.61 bits per heavy atom. The summed E-state index contributed by atoms with van der Waals surface area (Å²) < 4.78 is 24.6. The van der Waals surface area contributed by atoms with E-state index in [0.717, 1.165) is 22.2 Å². The summed E-state index contributed by atoms with van der Waals surface area (Å²) in [6.07, 6.45) is 0. The lowest BCUT2D eigenvalue weighted by atomic mass is 9.94. The molecule has 3 aromatic carbocycles. The summed E-state index contributed by atoms with van der Waals surface area (Å²) in [7, 11) is 4.69. The third-order valence-electron chi connectivity index (χ3n) is 6.27. The Morgan fingerprint density at radius 1 is 0.944 bits per heavy atom. The minimum atomic E-state index is -0.550. The molecule has 2 heterocycles. The van der Waals surface area contributed by atoms with Crippen LogP contribution >= 0.6 is 0 Å². The fourth-order valence-corrected chi connectivity index (χ4v) is 4.60. The van der Waals surface area contributed by atoms with Gasteiger partial charge in [-0.15, -0.1) is 0 Å². The number of hydrogen-bond donors (Lipinski definition) is 1. The number of nitrogens with zero attached hydrogens (tertiary/aromatic N) is 2. The van der Waals surface area contributed by atoms with E-state index < -0.39 is 12.0 Å². The van der Waals surface area contributed by atoms with Gasteiger partial charge in [0.25, 0.3) is 0 Å². The summed E-state index contributed by atoms with van der Waals surface area (Å²) in [4.78, 5) is 18.4. The number of hydrogen-bond acceptors (Lipinski definition) is 7. The lowest BCUT2D eigenvalue weighted by Crippen LogP contribution is -2.29. The maximum Gasteiger partial charge on any atom is 0.338 e. The predicted octanol–water partition coefficient (Wildman–Crippen LogP) is 5.09. The van der Waals surface area contributed by atoms with Crippen LogP contribution in [0.25, 0.3) is 11.0 Å². The number of anilines is 1. The summed E-state index contributed by atoms with van der Waals surface area (Å²) in [5.74, 6) is 1.66. The van der Waals surface area contributed by atoms with Crippen molar-refractivity contribution >= 4 is 23.0 Å². The highest BCUT2D eigenvalue weighted by Crippen LogP contribution is 2.45. The summed E-state index contributed by atoms with van der Waals surface area (Å²) in [5, 5.41) is 3.30. The number of allylic oxidation sites excluding steroid dienone is 1. The lowest BCUT2D eigenvalue weighted by molar-refractivity contribution is -0.140. The van der Waals surface area contributed by atoms with Crippen LogP contribution in [0.3, 0.4) is 0 Å². The molecule has 4 aromatic rings. The highest BCUT2D eigenvalue weighted by Gasteiger charge is 2.36. The van der Waals surface area contributed by atoms with Gasteiger partial charge in [-0.05, 0) is 42.3 Å². The zero-order valence-electron chi connectivity index (χ0n) is 20.6. The first-order chi connectivity index (χ1) is 17.5. The molecule has 0 bridgehead atoms. The molecule has 36 heavy (non-hydrogen) atoms. The van der Waals surface area contributed by atoms with Gasteiger partial charge < -0.3 is 24.3 Å². The summed E-state index contributed by atoms with van der Waals surface area (Å²) >= 11 is 0. The molecule has 1 atom stereocenters. The van der Waals surface area contributed by atoms with Gasteiger partial charge in [-0.25, -0.2) is 9.78 Å². The molecule has 0 spiro atoms. The number of ether oxygens (including phenoxy) is 4. The highest BCUT2D eigenvalue weighted by molar-refractivity contribution is 5.94. The predicted molar refractivity (Wildman–Crippen MR) is 137 cm³/mol. The Labute approximate surface area is 209 Å². The second-order valence-electron chi connectivity index (χ2n) is 8.38. The van der Waals surface area contributed by atoms with Crippen LogP contribution in [0.5, 0.6) is 17.2 Å². The molecule has 1 aliphatic rings. The van der Waals surface area contributed by atoms with E-state index in [1.165, 1.54) is 0 Å². The van der Waals surface area contributed by atoms with Gasteiger partial charge in [-0.1, -0.05) is 42.5 Å². The maximum absolute atomic E-state index is 13.6. The van der Waals surface area contributed by atoms with Crippen LogP contribution in [0.4, 0.5) is 5.95 Å². The molecule has 0 saturated heterocycles. The summed E-state index contributed by atoms with van der Waals surface area (Å²) in [5.41, 5.74) is 4.49. The number of rotatable bonds is 7. The molecule has 0 aliphatic carbocycles. The van der Waals surface area contributed by atoms with Gasteiger partial charge in [0, 0.05) is 5.70 Å². The van der Waals surface area contributed by atoms with Crippen molar-refractivity contribution < 1.29 is 23.7 Å². The molecule has 1 aromatic heterocycles. The third-order valence-corrected chi connectivity index (χ3v) is 6.27. The quantitative estimate of drug-likeness (QED) is 0.365. The molecule has 184 valence electrons. The number of para-hydroxylation sites is 2. The van der Waals surface area contributed by atoms with Crippen molar-refractivity contribution in [2.75, 3.05) is 26.6 Å². The van der Waals surface area contributed by atoms with Crippen molar-refractivity contribution in [1.82, 2.24) is 9.55 Å². The summed E-state index contributed by atoms with van der Waals surface area (Å²) in [6, 6.07) is 20.6. The Balaban J connectivity index is 1.67. The van der Waals surface area contributed by atoms with Gasteiger partial charge in [-0.3, -0.25) is 4.57 Å². The smallest absolute Gasteiger partial charge is 0.338 e. The number of aromatic nitrogens is 2. The van der Waals surface area contributed by atoms with Crippen LogP contribution < -0.4 is 19.5 Å². The normalized spacial score (nSPS) is 14.7. The van der Waals surface area contributed by atoms with Gasteiger partial charge in [0.1, 0.15) is 6.61 Å². The number of fused-ring (bicyclic) bond motifs is 3. The van der Waals surface area contributed by atoms with E-state index in [4.69, 9.17) is 23.9 Å². The Hall–Kier alpha value is -4.46. The fourth-order valence-electron chi connectivity index (χ4n) is 4.60. The van der Waals surface area contributed by atoms with Gasteiger partial charge in [0.2, 0.25) is 11.7 Å². The first-order valence-electron chi connectivity index (χ1n) is 11.5. The van der Waals surface area contributed by atoms with Crippen LogP contribution in [0.2, 0.25) is 0 Å². The first kappa shape index (κ1) is 23.3. The largest absolute Gasteiger partial charge is 0.493 e. The second kappa shape index (κ2) is 9.65. The van der Waals surface area contributed by atoms with Gasteiger partial charge in [0.05, 0.1) is 44.0 Å². The topological polar surface area (TPSA) is 83.8 Å². The zero-order chi connectivity index (χ0) is 25.2. The van der Waals surface area contributed by atoms with E-state index in [1.807, 2.05) is 78.2 Å². The molecule has 8 heteroatoms. The monoisotopic (exact) mass is 485 g/mol. The fraction of sp³-hybridized carbons (Fsp3) is 0.214. The van der Waals surface area contributed by atoms with Crippen LogP contribution in [-0.2, 0) is 16.1 Å². The SMILES string of the molecule is COc1cc(C2C(C(=O)OCc3ccccc3)=C(C)Nc3nc4ccccc4n32)cc(OC)c1OC. The van der Waals surface area contributed by atoms with Crippen molar-refractivity contribution in [3.8, 4) is 17.2 Å². The van der Waals surface area contributed by atoms with Gasteiger partial charge in [-0.2, -0.15) is 0 Å². The van der Waals surface area contributed by atoms with E-state index in [1.54, 1.807) is 21.3 Å². The van der Waals surface area contributed by atoms with Crippen LogP contribution in [-0.4, -0.2) is 36.8 Å². The molecule has 5 rings (SSSR count). The molecular formula is C28H27N3O5. The van der Waals surface area contributed by atoms with Gasteiger partial charge >= 0.3 is 5.97 Å². The van der Waals surface area contributed by atoms with Crippen LogP contribution in [0.1, 0.15) is 24.1 Å². The molecule has 1 N–H and O–H groups in total. The van der Waals surface area contributed by atoms with E-state index in [9.17, 15) is 4.79 Å². The van der Waals surface area contributed by atoms with E-state index in [0.29, 0.717) is 34.5 Å². The molecule has 1 aliphatic heterocycles. The first-order valence-corrected chi connectivity index (χ1v) is 11.5. The van der Waals surface area contributed by atoms with E-state index >= 15 is 0 Å².